The van der Waals surface area contributed by atoms with Gasteiger partial charge in [0.1, 0.15) is 16.4 Å². The van der Waals surface area contributed by atoms with Crippen LogP contribution in [0.4, 0.5) is 5.69 Å². The Balaban J connectivity index is 2.10. The van der Waals surface area contributed by atoms with Crippen molar-refractivity contribution in [2.24, 2.45) is 4.99 Å². The van der Waals surface area contributed by atoms with Crippen LogP contribution < -0.4 is 4.74 Å². The van der Waals surface area contributed by atoms with Crippen LogP contribution in [0.25, 0.3) is 6.08 Å². The summed E-state index contributed by atoms with van der Waals surface area (Å²) in [4.78, 5) is 39.8. The van der Waals surface area contributed by atoms with Gasteiger partial charge in [0.15, 0.2) is 11.5 Å². The van der Waals surface area contributed by atoms with E-state index in [2.05, 4.69) is 4.99 Å². The van der Waals surface area contributed by atoms with Gasteiger partial charge in [-0.1, -0.05) is 29.5 Å². The monoisotopic (exact) mass is 484 g/mol. The molecule has 0 unspecified atom stereocenters. The maximum absolute atomic E-state index is 12.7. The van der Waals surface area contributed by atoms with Crippen molar-refractivity contribution in [2.45, 2.75) is 13.8 Å². The van der Waals surface area contributed by atoms with E-state index in [4.69, 9.17) is 9.47 Å². The summed E-state index contributed by atoms with van der Waals surface area (Å²) in [5.41, 5.74) is 0.494. The number of aliphatic hydroxyl groups is 1. The molecule has 0 saturated heterocycles. The number of amides is 1. The molecule has 0 radical (unpaired) electrons. The summed E-state index contributed by atoms with van der Waals surface area (Å²) in [5.74, 6) is -2.64. The summed E-state index contributed by atoms with van der Waals surface area (Å²) in [7, 11) is 1.23. The standard InChI is InChI=1S/C23H20N2O8S/c1-4-33-23(29)18-20(27)17(10-14-9-15(25(30)31)11-16(32-3)19(14)26)34-22(18)24-21(28)13-7-5-12(2)6-8-13/h5-11,26-27H,4H2,1-3H3/b17-10-,24-22?. The molecule has 176 valence electrons. The lowest BCUT2D eigenvalue weighted by molar-refractivity contribution is -0.385. The number of aliphatic hydroxyl groups excluding tert-OH is 1. The van der Waals surface area contributed by atoms with Crippen LogP contribution in [0.5, 0.6) is 11.5 Å². The molecular weight excluding hydrogens is 464 g/mol. The Labute approximate surface area is 198 Å². The molecule has 1 aliphatic heterocycles. The van der Waals surface area contributed by atoms with Gasteiger partial charge in [-0.3, -0.25) is 14.9 Å². The van der Waals surface area contributed by atoms with E-state index in [0.29, 0.717) is 0 Å². The number of thioether (sulfide) groups is 1. The number of aromatic hydroxyl groups is 1. The number of esters is 1. The molecule has 1 amide bonds. The van der Waals surface area contributed by atoms with E-state index in [1.165, 1.54) is 13.2 Å². The fourth-order valence-corrected chi connectivity index (χ4v) is 3.97. The van der Waals surface area contributed by atoms with Crippen LogP contribution in [-0.4, -0.2) is 45.8 Å². The van der Waals surface area contributed by atoms with Gasteiger partial charge in [0.25, 0.3) is 11.6 Å². The highest BCUT2D eigenvalue weighted by molar-refractivity contribution is 8.18. The first-order valence-corrected chi connectivity index (χ1v) is 10.7. The molecule has 34 heavy (non-hydrogen) atoms. The first kappa shape index (κ1) is 24.5. The summed E-state index contributed by atoms with van der Waals surface area (Å²) in [5, 5.41) is 32.3. The normalized spacial score (nSPS) is 15.6. The zero-order valence-electron chi connectivity index (χ0n) is 18.4. The number of hydrogen-bond donors (Lipinski definition) is 2. The topological polar surface area (TPSA) is 149 Å². The number of phenolic OH excluding ortho intramolecular Hbond substituents is 1. The molecule has 2 aromatic rings. The number of methoxy groups -OCH3 is 1. The molecular formula is C23H20N2O8S. The fraction of sp³-hybridized carbons (Fsp3) is 0.174. The van der Waals surface area contributed by atoms with Crippen molar-refractivity contribution >= 4 is 40.4 Å². The van der Waals surface area contributed by atoms with Crippen LogP contribution in [0, 0.1) is 17.0 Å². The highest BCUT2D eigenvalue weighted by atomic mass is 32.2. The van der Waals surface area contributed by atoms with Crippen LogP contribution in [0.1, 0.15) is 28.4 Å². The number of ether oxygens (including phenoxy) is 2. The molecule has 0 bridgehead atoms. The van der Waals surface area contributed by atoms with Gasteiger partial charge in [-0.25, -0.2) is 9.79 Å². The van der Waals surface area contributed by atoms with Crippen molar-refractivity contribution in [3.05, 3.63) is 79.4 Å². The van der Waals surface area contributed by atoms with Crippen LogP contribution in [0.3, 0.4) is 0 Å². The summed E-state index contributed by atoms with van der Waals surface area (Å²) < 4.78 is 9.97. The number of aryl methyl sites for hydroxylation is 1. The first-order chi connectivity index (χ1) is 16.2. The van der Waals surface area contributed by atoms with E-state index < -0.39 is 28.3 Å². The third-order valence-electron chi connectivity index (χ3n) is 4.68. The van der Waals surface area contributed by atoms with Gasteiger partial charge in [0.2, 0.25) is 0 Å². The Morgan fingerprint density at radius 1 is 1.21 bits per heavy atom. The maximum atomic E-state index is 12.7. The third-order valence-corrected chi connectivity index (χ3v) is 5.70. The fourth-order valence-electron chi connectivity index (χ4n) is 2.97. The minimum absolute atomic E-state index is 0.0153. The molecule has 2 N–H and O–H groups in total. The van der Waals surface area contributed by atoms with Gasteiger partial charge in [-0.2, -0.15) is 0 Å². The quantitative estimate of drug-likeness (QED) is 0.347. The molecule has 1 aliphatic rings. The number of aliphatic imine (C=N–C) groups is 1. The number of carbonyl (C=O) groups excluding carboxylic acids is 2. The van der Waals surface area contributed by atoms with Crippen molar-refractivity contribution in [3.8, 4) is 11.5 Å². The number of non-ortho nitro benzene ring substituents is 1. The zero-order chi connectivity index (χ0) is 25.0. The molecule has 11 heteroatoms. The van der Waals surface area contributed by atoms with E-state index in [1.807, 2.05) is 6.92 Å². The van der Waals surface area contributed by atoms with Gasteiger partial charge in [-0.15, -0.1) is 0 Å². The minimum atomic E-state index is -0.896. The Bertz CT molecular complexity index is 1260. The minimum Gasteiger partial charge on any atom is -0.506 e. The van der Waals surface area contributed by atoms with Crippen molar-refractivity contribution in [3.63, 3.8) is 0 Å². The molecule has 10 nitrogen and oxygen atoms in total. The summed E-state index contributed by atoms with van der Waals surface area (Å²) in [6.07, 6.45) is 1.23. The van der Waals surface area contributed by atoms with Gasteiger partial charge in [0, 0.05) is 17.2 Å². The second-order valence-electron chi connectivity index (χ2n) is 6.99. The third kappa shape index (κ3) is 5.09. The molecule has 1 heterocycles. The van der Waals surface area contributed by atoms with Crippen LogP contribution >= 0.6 is 11.8 Å². The average molecular weight is 484 g/mol. The highest BCUT2D eigenvalue weighted by Crippen LogP contribution is 2.42. The summed E-state index contributed by atoms with van der Waals surface area (Å²) in [6, 6.07) is 8.76. The maximum Gasteiger partial charge on any atom is 0.344 e. The Morgan fingerprint density at radius 3 is 2.47 bits per heavy atom. The second kappa shape index (κ2) is 10.2. The second-order valence-corrected chi connectivity index (χ2v) is 8.02. The Hall–Kier alpha value is -4.12. The summed E-state index contributed by atoms with van der Waals surface area (Å²) >= 11 is 0.782. The molecule has 0 aromatic heterocycles. The largest absolute Gasteiger partial charge is 0.506 e. The summed E-state index contributed by atoms with van der Waals surface area (Å²) in [6.45, 7) is 3.46. The molecule has 0 saturated carbocycles. The van der Waals surface area contributed by atoms with Gasteiger partial charge in [-0.05, 0) is 32.1 Å². The molecule has 0 aliphatic carbocycles. The lowest BCUT2D eigenvalue weighted by Crippen LogP contribution is -2.14. The van der Waals surface area contributed by atoms with E-state index in [9.17, 15) is 29.9 Å². The Morgan fingerprint density at radius 2 is 1.88 bits per heavy atom. The Kier molecular flexibility index (Phi) is 7.37. The van der Waals surface area contributed by atoms with E-state index in [-0.39, 0.29) is 44.7 Å². The van der Waals surface area contributed by atoms with Crippen molar-refractivity contribution in [2.75, 3.05) is 13.7 Å². The number of nitro groups is 1. The number of nitro benzene ring substituents is 1. The van der Waals surface area contributed by atoms with Crippen molar-refractivity contribution in [1.82, 2.24) is 0 Å². The number of phenols is 1. The van der Waals surface area contributed by atoms with E-state index in [1.54, 1.807) is 31.2 Å². The molecule has 0 spiro atoms. The first-order valence-electron chi connectivity index (χ1n) is 9.92. The number of benzene rings is 2. The van der Waals surface area contributed by atoms with Crippen LogP contribution in [0.15, 0.2) is 57.6 Å². The number of carbonyl (C=O) groups is 2. The zero-order valence-corrected chi connectivity index (χ0v) is 19.2. The van der Waals surface area contributed by atoms with E-state index in [0.717, 1.165) is 29.5 Å². The average Bonchev–Trinajstić information content (AvgIpc) is 3.09. The molecule has 2 aromatic carbocycles. The van der Waals surface area contributed by atoms with Gasteiger partial charge < -0.3 is 19.7 Å². The predicted octanol–water partition coefficient (Wildman–Crippen LogP) is 4.32. The lowest BCUT2D eigenvalue weighted by Gasteiger charge is -2.07. The number of rotatable bonds is 6. The van der Waals surface area contributed by atoms with Crippen molar-refractivity contribution < 1.29 is 34.2 Å². The predicted molar refractivity (Wildman–Crippen MR) is 126 cm³/mol. The molecule has 0 fully saturated rings. The van der Waals surface area contributed by atoms with Crippen molar-refractivity contribution in [1.29, 1.82) is 0 Å². The highest BCUT2D eigenvalue weighted by Gasteiger charge is 2.34. The van der Waals surface area contributed by atoms with Gasteiger partial charge >= 0.3 is 5.97 Å². The number of hydrogen-bond acceptors (Lipinski definition) is 9. The SMILES string of the molecule is CCOC(=O)C1=C(O)/C(=C/c2cc([N+](=O)[O-])cc(OC)c2O)SC1=NC(=O)c1ccc(C)cc1. The van der Waals surface area contributed by atoms with Gasteiger partial charge in [0.05, 0.1) is 29.6 Å². The van der Waals surface area contributed by atoms with Crippen LogP contribution in [0.2, 0.25) is 0 Å². The molecule has 0 atom stereocenters. The molecule has 3 rings (SSSR count). The smallest absolute Gasteiger partial charge is 0.344 e. The van der Waals surface area contributed by atoms with Crippen LogP contribution in [-0.2, 0) is 9.53 Å². The number of nitrogens with zero attached hydrogens (tertiary/aromatic N) is 2. The van der Waals surface area contributed by atoms with E-state index >= 15 is 0 Å². The lowest BCUT2D eigenvalue weighted by atomic mass is 10.1.